The van der Waals surface area contributed by atoms with Crippen molar-refractivity contribution < 1.29 is 29.0 Å². The molecule has 8 heteroatoms. The normalized spacial score (nSPS) is 28.1. The zero-order chi connectivity index (χ0) is 28.0. The molecule has 5 fully saturated rings. The third-order valence-electron chi connectivity index (χ3n) is 8.99. The number of aliphatic carboxylic acids is 1. The fraction of sp³-hybridized carbons (Fsp3) is 0.375. The number of carbonyl (C=O) groups is 4. The lowest BCUT2D eigenvalue weighted by molar-refractivity contribution is -0.139. The molecule has 1 heterocycles. The Bertz CT molecular complexity index is 1400. The van der Waals surface area contributed by atoms with Gasteiger partial charge in [-0.25, -0.2) is 14.5 Å². The number of allylic oxidation sites excluding steroid dienone is 1. The summed E-state index contributed by atoms with van der Waals surface area (Å²) in [6.45, 7) is 3.23. The second kappa shape index (κ2) is 10.1. The predicted octanol–water partition coefficient (Wildman–Crippen LogP) is 5.01. The molecule has 0 unspecified atom stereocenters. The standard InChI is InChI=1S/C32H32N2O6/c1-2-3-23-13-19(4-9-27(23)40-18-28(35)36)14-26-29(37)33-31(39)34(30(26)38)25-7-5-24(6-8-25)32-15-20-10-21(16-32)12-22(11-20)17-32/h2,4-9,13-14,20-22H,1,3,10-12,15-18H2,(H,35,36)(H,33,37,39)/b26-14+. The molecule has 1 saturated heterocycles. The Morgan fingerprint density at radius 3 is 2.27 bits per heavy atom. The van der Waals surface area contributed by atoms with E-state index in [0.29, 0.717) is 29.0 Å². The van der Waals surface area contributed by atoms with Gasteiger partial charge in [0.15, 0.2) is 6.61 Å². The molecule has 5 aliphatic rings. The summed E-state index contributed by atoms with van der Waals surface area (Å²) in [5.74, 6) is 0.230. The third kappa shape index (κ3) is 4.72. The molecule has 0 spiro atoms. The van der Waals surface area contributed by atoms with Gasteiger partial charge in [-0.2, -0.15) is 0 Å². The van der Waals surface area contributed by atoms with Crippen molar-refractivity contribution in [3.63, 3.8) is 0 Å². The highest BCUT2D eigenvalue weighted by Gasteiger charge is 2.51. The monoisotopic (exact) mass is 540 g/mol. The fourth-order valence-corrected chi connectivity index (χ4v) is 7.77. The van der Waals surface area contributed by atoms with Crippen LogP contribution in [0, 0.1) is 17.8 Å². The first-order valence-corrected chi connectivity index (χ1v) is 13.8. The van der Waals surface area contributed by atoms with Gasteiger partial charge in [-0.05, 0) is 115 Å². The number of carboxylic acid groups (broad SMARTS) is 1. The van der Waals surface area contributed by atoms with Gasteiger partial charge in [0.25, 0.3) is 11.8 Å². The number of nitrogens with one attached hydrogen (secondary N) is 1. The number of carbonyl (C=O) groups excluding carboxylic acids is 3. The van der Waals surface area contributed by atoms with Gasteiger partial charge in [-0.15, -0.1) is 6.58 Å². The first-order valence-electron chi connectivity index (χ1n) is 13.8. The van der Waals surface area contributed by atoms with E-state index in [-0.39, 0.29) is 11.0 Å². The quantitative estimate of drug-likeness (QED) is 0.276. The van der Waals surface area contributed by atoms with Crippen LogP contribution in [-0.2, 0) is 26.2 Å². The van der Waals surface area contributed by atoms with Crippen LogP contribution in [0.15, 0.2) is 60.7 Å². The van der Waals surface area contributed by atoms with E-state index < -0.39 is 30.4 Å². The molecule has 4 amide bonds. The summed E-state index contributed by atoms with van der Waals surface area (Å²) >= 11 is 0. The van der Waals surface area contributed by atoms with Crippen molar-refractivity contribution in [2.75, 3.05) is 11.5 Å². The maximum Gasteiger partial charge on any atom is 0.341 e. The number of imide groups is 2. The van der Waals surface area contributed by atoms with Crippen molar-refractivity contribution in [3.05, 3.63) is 77.4 Å². The molecule has 0 radical (unpaired) electrons. The molecule has 7 rings (SSSR count). The molecule has 40 heavy (non-hydrogen) atoms. The zero-order valence-corrected chi connectivity index (χ0v) is 22.2. The Kier molecular flexibility index (Phi) is 6.56. The smallest absolute Gasteiger partial charge is 0.341 e. The minimum absolute atomic E-state index is 0.173. The van der Waals surface area contributed by atoms with Gasteiger partial charge in [0.1, 0.15) is 11.3 Å². The molecule has 0 aromatic heterocycles. The van der Waals surface area contributed by atoms with Crippen molar-refractivity contribution in [2.45, 2.75) is 50.4 Å². The van der Waals surface area contributed by atoms with Gasteiger partial charge in [-0.3, -0.25) is 14.9 Å². The average Bonchev–Trinajstić information content (AvgIpc) is 2.90. The van der Waals surface area contributed by atoms with Gasteiger partial charge in [0, 0.05) is 0 Å². The maximum absolute atomic E-state index is 13.5. The number of amides is 4. The number of hydrogen-bond acceptors (Lipinski definition) is 5. The second-order valence-corrected chi connectivity index (χ2v) is 11.7. The summed E-state index contributed by atoms with van der Waals surface area (Å²) in [6, 6.07) is 11.9. The number of barbiturate groups is 1. The van der Waals surface area contributed by atoms with Gasteiger partial charge < -0.3 is 9.84 Å². The molecular formula is C32H32N2O6. The summed E-state index contributed by atoms with van der Waals surface area (Å²) in [6.07, 6.45) is 11.2. The van der Waals surface area contributed by atoms with Crippen molar-refractivity contribution in [2.24, 2.45) is 17.8 Å². The lowest BCUT2D eigenvalue weighted by atomic mass is 9.48. The number of ether oxygens (including phenoxy) is 1. The molecule has 2 N–H and O–H groups in total. The maximum atomic E-state index is 13.5. The highest BCUT2D eigenvalue weighted by molar-refractivity contribution is 6.39. The Labute approximate surface area is 232 Å². The number of benzene rings is 2. The molecule has 206 valence electrons. The largest absolute Gasteiger partial charge is 0.482 e. The zero-order valence-electron chi connectivity index (χ0n) is 22.2. The Morgan fingerprint density at radius 2 is 1.68 bits per heavy atom. The third-order valence-corrected chi connectivity index (χ3v) is 8.99. The molecule has 4 bridgehead atoms. The van der Waals surface area contributed by atoms with Crippen LogP contribution in [0.4, 0.5) is 10.5 Å². The summed E-state index contributed by atoms with van der Waals surface area (Å²) in [5.41, 5.74) is 2.91. The highest BCUT2D eigenvalue weighted by Crippen LogP contribution is 2.60. The molecule has 2 aromatic carbocycles. The Hall–Kier alpha value is -4.20. The topological polar surface area (TPSA) is 113 Å². The summed E-state index contributed by atoms with van der Waals surface area (Å²) < 4.78 is 5.35. The first-order chi connectivity index (χ1) is 19.2. The fourth-order valence-electron chi connectivity index (χ4n) is 7.77. The van der Waals surface area contributed by atoms with Crippen LogP contribution < -0.4 is 15.0 Å². The second-order valence-electron chi connectivity index (χ2n) is 11.7. The highest BCUT2D eigenvalue weighted by atomic mass is 16.5. The number of urea groups is 1. The van der Waals surface area contributed by atoms with Crippen molar-refractivity contribution in [3.8, 4) is 5.75 Å². The van der Waals surface area contributed by atoms with Gasteiger partial charge in [0.05, 0.1) is 5.69 Å². The number of anilines is 1. The van der Waals surface area contributed by atoms with E-state index in [0.717, 1.165) is 22.7 Å². The van der Waals surface area contributed by atoms with Crippen molar-refractivity contribution >= 4 is 35.6 Å². The molecule has 8 nitrogen and oxygen atoms in total. The Balaban J connectivity index is 1.26. The summed E-state index contributed by atoms with van der Waals surface area (Å²) in [5, 5.41) is 11.2. The molecular weight excluding hydrogens is 508 g/mol. The van der Waals surface area contributed by atoms with Crippen LogP contribution in [0.1, 0.15) is 55.2 Å². The van der Waals surface area contributed by atoms with Crippen molar-refractivity contribution in [1.29, 1.82) is 0 Å². The van der Waals surface area contributed by atoms with Gasteiger partial charge in [-0.1, -0.05) is 24.3 Å². The van der Waals surface area contributed by atoms with Gasteiger partial charge in [0.2, 0.25) is 0 Å². The van der Waals surface area contributed by atoms with E-state index in [9.17, 15) is 19.2 Å². The molecule has 1 aliphatic heterocycles. The van der Waals surface area contributed by atoms with Crippen LogP contribution >= 0.6 is 0 Å². The van der Waals surface area contributed by atoms with Crippen LogP contribution in [0.3, 0.4) is 0 Å². The number of nitrogens with zero attached hydrogens (tertiary/aromatic N) is 1. The van der Waals surface area contributed by atoms with Crippen molar-refractivity contribution in [1.82, 2.24) is 5.32 Å². The number of carboxylic acids is 1. The number of hydrogen-bond donors (Lipinski definition) is 2. The minimum Gasteiger partial charge on any atom is -0.482 e. The molecule has 2 aromatic rings. The molecule has 4 aliphatic carbocycles. The van der Waals surface area contributed by atoms with Crippen LogP contribution in [-0.4, -0.2) is 35.5 Å². The van der Waals surface area contributed by atoms with E-state index in [2.05, 4.69) is 24.0 Å². The Morgan fingerprint density at radius 1 is 1.02 bits per heavy atom. The first kappa shape index (κ1) is 26.0. The molecule has 4 saturated carbocycles. The van der Waals surface area contributed by atoms with Gasteiger partial charge >= 0.3 is 12.0 Å². The van der Waals surface area contributed by atoms with E-state index in [1.807, 2.05) is 12.1 Å². The van der Waals surface area contributed by atoms with E-state index >= 15 is 0 Å². The lowest BCUT2D eigenvalue weighted by Crippen LogP contribution is -2.54. The summed E-state index contributed by atoms with van der Waals surface area (Å²) in [4.78, 5) is 50.9. The van der Waals surface area contributed by atoms with E-state index in [1.54, 1.807) is 24.3 Å². The predicted molar refractivity (Wildman–Crippen MR) is 149 cm³/mol. The summed E-state index contributed by atoms with van der Waals surface area (Å²) in [7, 11) is 0. The van der Waals surface area contributed by atoms with Crippen LogP contribution in [0.2, 0.25) is 0 Å². The minimum atomic E-state index is -1.10. The lowest BCUT2D eigenvalue weighted by Gasteiger charge is -2.57. The average molecular weight is 541 g/mol. The SMILES string of the molecule is C=CCc1cc(/C=C2\C(=O)NC(=O)N(c3ccc(C45CC6CC(CC(C6)C4)C5)cc3)C2=O)ccc1OCC(=O)O. The van der Waals surface area contributed by atoms with E-state index in [4.69, 9.17) is 9.84 Å². The molecule has 0 atom stereocenters. The van der Waals surface area contributed by atoms with E-state index in [1.165, 1.54) is 50.2 Å². The van der Waals surface area contributed by atoms with Crippen LogP contribution in [0.25, 0.3) is 6.08 Å². The van der Waals surface area contributed by atoms with Crippen LogP contribution in [0.5, 0.6) is 5.75 Å². The number of rotatable bonds is 8.